The molecule has 2 aromatic rings. The molecule has 0 amide bonds. The standard InChI is InChI=1S/C12H16ClN3O/c1-3-5-10(17-4-2)9-6-8-7-14-12(13)16-11(8)15-9/h6-7,10H,3-5H2,1-2H3,(H,14,15,16). The molecule has 1 atom stereocenters. The normalized spacial score (nSPS) is 13.1. The molecule has 5 heteroatoms. The zero-order chi connectivity index (χ0) is 12.3. The van der Waals surface area contributed by atoms with Crippen molar-refractivity contribution < 1.29 is 4.74 Å². The smallest absolute Gasteiger partial charge is 0.224 e. The number of halogens is 1. The maximum atomic E-state index is 5.76. The van der Waals surface area contributed by atoms with Crippen molar-refractivity contribution in [3.05, 3.63) is 23.2 Å². The minimum Gasteiger partial charge on any atom is -0.372 e. The molecule has 0 bridgehead atoms. The summed E-state index contributed by atoms with van der Waals surface area (Å²) in [4.78, 5) is 11.4. The number of ether oxygens (including phenoxy) is 1. The summed E-state index contributed by atoms with van der Waals surface area (Å²) in [5, 5.41) is 1.22. The summed E-state index contributed by atoms with van der Waals surface area (Å²) in [5.74, 6) is 0. The van der Waals surface area contributed by atoms with E-state index in [4.69, 9.17) is 16.3 Å². The van der Waals surface area contributed by atoms with E-state index in [1.807, 2.05) is 13.0 Å². The molecule has 2 heterocycles. The van der Waals surface area contributed by atoms with Gasteiger partial charge in [0.25, 0.3) is 0 Å². The number of aromatic amines is 1. The van der Waals surface area contributed by atoms with Gasteiger partial charge in [0.2, 0.25) is 5.28 Å². The lowest BCUT2D eigenvalue weighted by molar-refractivity contribution is 0.0532. The third-order valence-corrected chi connectivity index (χ3v) is 2.81. The molecule has 1 unspecified atom stereocenters. The zero-order valence-electron chi connectivity index (χ0n) is 10.0. The second kappa shape index (κ2) is 5.47. The molecule has 0 aliphatic heterocycles. The van der Waals surface area contributed by atoms with E-state index in [0.717, 1.165) is 29.6 Å². The number of aromatic nitrogens is 3. The Balaban J connectivity index is 2.33. The zero-order valence-corrected chi connectivity index (χ0v) is 10.8. The van der Waals surface area contributed by atoms with Gasteiger partial charge in [-0.1, -0.05) is 13.3 Å². The van der Waals surface area contributed by atoms with Crippen molar-refractivity contribution in [2.24, 2.45) is 0 Å². The topological polar surface area (TPSA) is 50.8 Å². The van der Waals surface area contributed by atoms with Crippen LogP contribution < -0.4 is 0 Å². The van der Waals surface area contributed by atoms with Crippen LogP contribution in [0.5, 0.6) is 0 Å². The van der Waals surface area contributed by atoms with E-state index < -0.39 is 0 Å². The van der Waals surface area contributed by atoms with Crippen LogP contribution in [0.1, 0.15) is 38.5 Å². The molecule has 0 fully saturated rings. The van der Waals surface area contributed by atoms with Crippen LogP contribution in [0.3, 0.4) is 0 Å². The third kappa shape index (κ3) is 2.76. The van der Waals surface area contributed by atoms with Crippen LogP contribution >= 0.6 is 11.6 Å². The van der Waals surface area contributed by atoms with Crippen molar-refractivity contribution in [2.75, 3.05) is 6.61 Å². The van der Waals surface area contributed by atoms with Gasteiger partial charge in [-0.15, -0.1) is 0 Å². The predicted molar refractivity (Wildman–Crippen MR) is 68.2 cm³/mol. The van der Waals surface area contributed by atoms with Crippen molar-refractivity contribution in [3.63, 3.8) is 0 Å². The second-order valence-electron chi connectivity index (χ2n) is 3.90. The molecule has 0 spiro atoms. The summed E-state index contributed by atoms with van der Waals surface area (Å²) >= 11 is 5.76. The van der Waals surface area contributed by atoms with Crippen LogP contribution in [0, 0.1) is 0 Å². The van der Waals surface area contributed by atoms with Crippen molar-refractivity contribution in [1.29, 1.82) is 0 Å². The molecule has 0 aromatic carbocycles. The second-order valence-corrected chi connectivity index (χ2v) is 4.24. The fraction of sp³-hybridized carbons (Fsp3) is 0.500. The number of hydrogen-bond donors (Lipinski definition) is 1. The van der Waals surface area contributed by atoms with Gasteiger partial charge in [-0.25, -0.2) is 4.98 Å². The Bertz CT molecular complexity index is 491. The van der Waals surface area contributed by atoms with E-state index in [2.05, 4.69) is 21.9 Å². The van der Waals surface area contributed by atoms with E-state index >= 15 is 0 Å². The van der Waals surface area contributed by atoms with E-state index in [0.29, 0.717) is 6.61 Å². The third-order valence-electron chi connectivity index (χ3n) is 2.63. The lowest BCUT2D eigenvalue weighted by Crippen LogP contribution is -2.04. The Labute approximate surface area is 105 Å². The van der Waals surface area contributed by atoms with Crippen LogP contribution in [0.15, 0.2) is 12.3 Å². The maximum absolute atomic E-state index is 5.76. The number of hydrogen-bond acceptors (Lipinski definition) is 3. The molecule has 92 valence electrons. The number of nitrogens with zero attached hydrogens (tertiary/aromatic N) is 2. The van der Waals surface area contributed by atoms with Crippen molar-refractivity contribution in [2.45, 2.75) is 32.8 Å². The number of rotatable bonds is 5. The molecule has 1 N–H and O–H groups in total. The molecule has 0 saturated carbocycles. The van der Waals surface area contributed by atoms with Gasteiger partial charge >= 0.3 is 0 Å². The predicted octanol–water partition coefficient (Wildman–Crippen LogP) is 3.49. The van der Waals surface area contributed by atoms with Gasteiger partial charge in [0.15, 0.2) is 0 Å². The summed E-state index contributed by atoms with van der Waals surface area (Å²) in [5.41, 5.74) is 1.81. The molecular weight excluding hydrogens is 238 g/mol. The van der Waals surface area contributed by atoms with E-state index in [9.17, 15) is 0 Å². The summed E-state index contributed by atoms with van der Waals surface area (Å²) in [6.45, 7) is 4.85. The van der Waals surface area contributed by atoms with E-state index in [1.165, 1.54) is 0 Å². The van der Waals surface area contributed by atoms with Crippen LogP contribution in [0.25, 0.3) is 11.0 Å². The SMILES string of the molecule is CCCC(OCC)c1cc2cnc(Cl)nc2[nH]1. The minimum absolute atomic E-state index is 0.0953. The highest BCUT2D eigenvalue weighted by Crippen LogP contribution is 2.25. The maximum Gasteiger partial charge on any atom is 0.224 e. The van der Waals surface area contributed by atoms with Crippen molar-refractivity contribution >= 4 is 22.6 Å². The quantitative estimate of drug-likeness (QED) is 0.830. The van der Waals surface area contributed by atoms with Gasteiger partial charge in [0, 0.05) is 23.9 Å². The van der Waals surface area contributed by atoms with Crippen molar-refractivity contribution in [1.82, 2.24) is 15.0 Å². The van der Waals surface area contributed by atoms with Crippen LogP contribution in [-0.2, 0) is 4.74 Å². The lowest BCUT2D eigenvalue weighted by atomic mass is 10.1. The Morgan fingerprint density at radius 1 is 1.47 bits per heavy atom. The Hall–Kier alpha value is -1.13. The summed E-state index contributed by atoms with van der Waals surface area (Å²) in [6, 6.07) is 2.03. The van der Waals surface area contributed by atoms with Gasteiger partial charge < -0.3 is 9.72 Å². The Morgan fingerprint density at radius 3 is 3.00 bits per heavy atom. The van der Waals surface area contributed by atoms with Gasteiger partial charge in [-0.2, -0.15) is 4.98 Å². The molecular formula is C12H16ClN3O. The molecule has 0 radical (unpaired) electrons. The summed E-state index contributed by atoms with van der Waals surface area (Å²) in [6.07, 6.45) is 3.88. The monoisotopic (exact) mass is 253 g/mol. The lowest BCUT2D eigenvalue weighted by Gasteiger charge is -2.14. The number of H-pyrrole nitrogens is 1. The highest BCUT2D eigenvalue weighted by molar-refractivity contribution is 6.28. The fourth-order valence-electron chi connectivity index (χ4n) is 1.88. The van der Waals surface area contributed by atoms with Crippen molar-refractivity contribution in [3.8, 4) is 0 Å². The average molecular weight is 254 g/mol. The van der Waals surface area contributed by atoms with Gasteiger partial charge in [-0.3, -0.25) is 0 Å². The average Bonchev–Trinajstić information content (AvgIpc) is 2.71. The number of nitrogens with one attached hydrogen (secondary N) is 1. The first-order valence-corrected chi connectivity index (χ1v) is 6.25. The molecule has 2 rings (SSSR count). The minimum atomic E-state index is 0.0953. The highest BCUT2D eigenvalue weighted by Gasteiger charge is 2.14. The van der Waals surface area contributed by atoms with Gasteiger partial charge in [-0.05, 0) is 31.0 Å². The molecule has 0 aliphatic carbocycles. The molecule has 0 aliphatic rings. The molecule has 0 saturated heterocycles. The summed E-state index contributed by atoms with van der Waals surface area (Å²) < 4.78 is 5.72. The molecule has 4 nitrogen and oxygen atoms in total. The molecule has 17 heavy (non-hydrogen) atoms. The first kappa shape index (κ1) is 12.3. The first-order chi connectivity index (χ1) is 8.24. The van der Waals surface area contributed by atoms with Crippen LogP contribution in [0.4, 0.5) is 0 Å². The largest absolute Gasteiger partial charge is 0.372 e. The van der Waals surface area contributed by atoms with Crippen LogP contribution in [0.2, 0.25) is 5.28 Å². The van der Waals surface area contributed by atoms with E-state index in [-0.39, 0.29) is 11.4 Å². The first-order valence-electron chi connectivity index (χ1n) is 5.87. The van der Waals surface area contributed by atoms with E-state index in [1.54, 1.807) is 6.20 Å². The summed E-state index contributed by atoms with van der Waals surface area (Å²) in [7, 11) is 0. The van der Waals surface area contributed by atoms with Gasteiger partial charge in [0.05, 0.1) is 6.10 Å². The highest BCUT2D eigenvalue weighted by atomic mass is 35.5. The number of fused-ring (bicyclic) bond motifs is 1. The van der Waals surface area contributed by atoms with Crippen LogP contribution in [-0.4, -0.2) is 21.6 Å². The Kier molecular flexibility index (Phi) is 3.97. The Morgan fingerprint density at radius 2 is 2.29 bits per heavy atom. The molecule has 2 aromatic heterocycles. The fourth-order valence-corrected chi connectivity index (χ4v) is 2.01. The van der Waals surface area contributed by atoms with Gasteiger partial charge in [0.1, 0.15) is 5.65 Å².